The topological polar surface area (TPSA) is 37.6 Å². The maximum absolute atomic E-state index is 12.1. The van der Waals surface area contributed by atoms with Crippen molar-refractivity contribution in [2.45, 2.75) is 37.1 Å². The molecule has 2 aromatic heterocycles. The van der Waals surface area contributed by atoms with Crippen LogP contribution in [0.3, 0.4) is 0 Å². The fourth-order valence-corrected chi connectivity index (χ4v) is 4.30. The highest BCUT2D eigenvalue weighted by atomic mass is 32.2. The second-order valence-electron chi connectivity index (χ2n) is 5.70. The first kappa shape index (κ1) is 14.6. The van der Waals surface area contributed by atoms with E-state index in [1.807, 2.05) is 30.0 Å². The van der Waals surface area contributed by atoms with E-state index in [0.29, 0.717) is 11.3 Å². The van der Waals surface area contributed by atoms with Gasteiger partial charge in [0, 0.05) is 30.1 Å². The highest BCUT2D eigenvalue weighted by Gasteiger charge is 2.29. The fraction of sp³-hybridized carbons (Fsp3) is 0.500. The first-order valence-electron chi connectivity index (χ1n) is 7.39. The Balaban J connectivity index is 1.83. The smallest absolute Gasteiger partial charge is 0.258 e. The minimum absolute atomic E-state index is 0.00293. The summed E-state index contributed by atoms with van der Waals surface area (Å²) >= 11 is 1.96. The first-order chi connectivity index (χ1) is 10.2. The summed E-state index contributed by atoms with van der Waals surface area (Å²) in [6, 6.07) is 7.90. The van der Waals surface area contributed by atoms with Crippen molar-refractivity contribution in [2.24, 2.45) is 0 Å². The third-order valence-electron chi connectivity index (χ3n) is 4.32. The van der Waals surface area contributed by atoms with Crippen molar-refractivity contribution in [1.29, 1.82) is 0 Å². The van der Waals surface area contributed by atoms with E-state index in [0.717, 1.165) is 17.9 Å². The third kappa shape index (κ3) is 2.99. The van der Waals surface area contributed by atoms with Gasteiger partial charge in [-0.2, -0.15) is 11.8 Å². The van der Waals surface area contributed by atoms with Gasteiger partial charge in [0.2, 0.25) is 0 Å². The molecule has 2 heterocycles. The van der Waals surface area contributed by atoms with Gasteiger partial charge in [0.05, 0.1) is 5.69 Å². The predicted octanol–water partition coefficient (Wildman–Crippen LogP) is 2.41. The summed E-state index contributed by atoms with van der Waals surface area (Å²) in [4.78, 5) is 19.1. The molecule has 0 radical (unpaired) electrons. The summed E-state index contributed by atoms with van der Waals surface area (Å²) in [5.41, 5.74) is 1.58. The number of pyridine rings is 1. The molecule has 2 atom stereocenters. The Hall–Kier alpha value is -1.33. The number of thioether (sulfide) groups is 1. The van der Waals surface area contributed by atoms with E-state index >= 15 is 0 Å². The van der Waals surface area contributed by atoms with E-state index in [1.165, 1.54) is 19.3 Å². The molecule has 1 fully saturated rings. The number of rotatable bonds is 4. The molecule has 0 saturated heterocycles. The van der Waals surface area contributed by atoms with Crippen LogP contribution in [0.1, 0.15) is 25.0 Å². The maximum atomic E-state index is 12.1. The van der Waals surface area contributed by atoms with Crippen LogP contribution in [-0.4, -0.2) is 38.9 Å². The molecule has 0 aliphatic heterocycles. The molecule has 1 saturated carbocycles. The summed E-state index contributed by atoms with van der Waals surface area (Å²) in [5.74, 6) is 0. The van der Waals surface area contributed by atoms with Crippen LogP contribution in [0.2, 0.25) is 0 Å². The lowest BCUT2D eigenvalue weighted by Crippen LogP contribution is -2.36. The van der Waals surface area contributed by atoms with Crippen LogP contribution in [0, 0.1) is 0 Å². The quantitative estimate of drug-likeness (QED) is 0.869. The van der Waals surface area contributed by atoms with Gasteiger partial charge in [-0.05, 0) is 38.3 Å². The van der Waals surface area contributed by atoms with E-state index < -0.39 is 0 Å². The van der Waals surface area contributed by atoms with Crippen LogP contribution in [0.15, 0.2) is 35.3 Å². The van der Waals surface area contributed by atoms with Crippen LogP contribution in [0.4, 0.5) is 0 Å². The molecular weight excluding hydrogens is 282 g/mol. The molecule has 2 aromatic rings. The van der Waals surface area contributed by atoms with Gasteiger partial charge in [-0.1, -0.05) is 12.5 Å². The van der Waals surface area contributed by atoms with E-state index in [1.54, 1.807) is 16.7 Å². The van der Waals surface area contributed by atoms with Crippen LogP contribution in [0.25, 0.3) is 5.65 Å². The fourth-order valence-electron chi connectivity index (χ4n) is 3.24. The Morgan fingerprint density at radius 2 is 2.29 bits per heavy atom. The van der Waals surface area contributed by atoms with Crippen LogP contribution < -0.4 is 5.56 Å². The first-order valence-corrected chi connectivity index (χ1v) is 8.68. The second kappa shape index (κ2) is 6.20. The molecular formula is C16H21N3OS. The zero-order chi connectivity index (χ0) is 14.8. The Kier molecular flexibility index (Phi) is 4.31. The molecule has 5 heteroatoms. The normalized spacial score (nSPS) is 22.2. The number of fused-ring (bicyclic) bond motifs is 1. The van der Waals surface area contributed by atoms with Gasteiger partial charge in [0.1, 0.15) is 5.65 Å². The lowest BCUT2D eigenvalue weighted by atomic mass is 10.2. The van der Waals surface area contributed by atoms with Gasteiger partial charge in [-0.3, -0.25) is 14.1 Å². The van der Waals surface area contributed by atoms with E-state index in [4.69, 9.17) is 0 Å². The summed E-state index contributed by atoms with van der Waals surface area (Å²) in [6.45, 7) is 0.738. The molecule has 0 aromatic carbocycles. The van der Waals surface area contributed by atoms with Crippen molar-refractivity contribution >= 4 is 17.4 Å². The largest absolute Gasteiger partial charge is 0.296 e. The molecule has 0 N–H and O–H groups in total. The minimum Gasteiger partial charge on any atom is -0.296 e. The standard InChI is InChI=1S/C16H21N3OS/c1-18(13-6-5-7-14(13)21-2)11-12-10-16(20)19-9-4-3-8-15(19)17-12/h3-4,8-10,13-14H,5-7,11H2,1-2H3/t13-,14-/m0/s1. The summed E-state index contributed by atoms with van der Waals surface area (Å²) in [6.07, 6.45) is 7.79. The Morgan fingerprint density at radius 1 is 1.43 bits per heavy atom. The van der Waals surface area contributed by atoms with Gasteiger partial charge < -0.3 is 0 Å². The Bertz CT molecular complexity index is 685. The SMILES string of the molecule is CS[C@H]1CCC[C@@H]1N(C)Cc1cc(=O)n2ccccc2n1. The monoisotopic (exact) mass is 303 g/mol. The molecule has 0 spiro atoms. The molecule has 21 heavy (non-hydrogen) atoms. The zero-order valence-electron chi connectivity index (χ0n) is 12.5. The van der Waals surface area contributed by atoms with Crippen molar-refractivity contribution in [2.75, 3.05) is 13.3 Å². The molecule has 0 amide bonds. The van der Waals surface area contributed by atoms with Gasteiger partial charge >= 0.3 is 0 Å². The Morgan fingerprint density at radius 3 is 3.10 bits per heavy atom. The van der Waals surface area contributed by atoms with Crippen molar-refractivity contribution in [1.82, 2.24) is 14.3 Å². The number of hydrogen-bond acceptors (Lipinski definition) is 4. The van der Waals surface area contributed by atoms with Gasteiger partial charge in [-0.15, -0.1) is 0 Å². The molecule has 112 valence electrons. The van der Waals surface area contributed by atoms with Crippen LogP contribution in [-0.2, 0) is 6.54 Å². The van der Waals surface area contributed by atoms with Gasteiger partial charge in [0.15, 0.2) is 0 Å². The summed E-state index contributed by atoms with van der Waals surface area (Å²) in [5, 5.41) is 0.705. The van der Waals surface area contributed by atoms with Crippen LogP contribution in [0.5, 0.6) is 0 Å². The molecule has 4 nitrogen and oxygen atoms in total. The maximum Gasteiger partial charge on any atom is 0.258 e. The Labute approximate surface area is 129 Å². The average molecular weight is 303 g/mol. The molecule has 1 aliphatic carbocycles. The lowest BCUT2D eigenvalue weighted by Gasteiger charge is -2.28. The number of nitrogens with zero attached hydrogens (tertiary/aromatic N) is 3. The molecule has 0 bridgehead atoms. The highest BCUT2D eigenvalue weighted by molar-refractivity contribution is 7.99. The van der Waals surface area contributed by atoms with E-state index in [9.17, 15) is 4.79 Å². The second-order valence-corrected chi connectivity index (χ2v) is 6.78. The van der Waals surface area contributed by atoms with E-state index in [-0.39, 0.29) is 5.56 Å². The zero-order valence-corrected chi connectivity index (χ0v) is 13.3. The van der Waals surface area contributed by atoms with Crippen molar-refractivity contribution in [3.05, 3.63) is 46.5 Å². The van der Waals surface area contributed by atoms with E-state index in [2.05, 4.69) is 23.2 Å². The van der Waals surface area contributed by atoms with Gasteiger partial charge in [-0.25, -0.2) is 4.98 Å². The summed E-state index contributed by atoms with van der Waals surface area (Å²) < 4.78 is 1.59. The lowest BCUT2D eigenvalue weighted by molar-refractivity contribution is 0.239. The summed E-state index contributed by atoms with van der Waals surface area (Å²) in [7, 11) is 2.15. The van der Waals surface area contributed by atoms with Crippen LogP contribution >= 0.6 is 11.8 Å². The van der Waals surface area contributed by atoms with Gasteiger partial charge in [0.25, 0.3) is 5.56 Å². The number of hydrogen-bond donors (Lipinski definition) is 0. The highest BCUT2D eigenvalue weighted by Crippen LogP contribution is 2.31. The van der Waals surface area contributed by atoms with Crippen molar-refractivity contribution in [3.63, 3.8) is 0 Å². The minimum atomic E-state index is -0.00293. The third-order valence-corrected chi connectivity index (χ3v) is 5.48. The van der Waals surface area contributed by atoms with Crippen molar-refractivity contribution in [3.8, 4) is 0 Å². The molecule has 3 rings (SSSR count). The average Bonchev–Trinajstić information content (AvgIpc) is 2.96. The molecule has 1 aliphatic rings. The predicted molar refractivity (Wildman–Crippen MR) is 87.9 cm³/mol. The van der Waals surface area contributed by atoms with Crippen molar-refractivity contribution < 1.29 is 0 Å². The molecule has 0 unspecified atom stereocenters. The number of aromatic nitrogens is 2.